The first-order valence-electron chi connectivity index (χ1n) is 13.3. The number of rotatable bonds is 7. The summed E-state index contributed by atoms with van der Waals surface area (Å²) < 4.78 is 38.1. The number of benzene rings is 1. The summed E-state index contributed by atoms with van der Waals surface area (Å²) in [5.41, 5.74) is 7.05. The summed E-state index contributed by atoms with van der Waals surface area (Å²) in [6.45, 7) is 15.9. The molecule has 0 saturated heterocycles. The first-order chi connectivity index (χ1) is 20.6. The van der Waals surface area contributed by atoms with Crippen molar-refractivity contribution in [3.05, 3.63) is 94.4 Å². The van der Waals surface area contributed by atoms with Gasteiger partial charge >= 0.3 is 6.18 Å². The van der Waals surface area contributed by atoms with E-state index in [0.717, 1.165) is 39.0 Å². The molecule has 1 aromatic heterocycles. The van der Waals surface area contributed by atoms with E-state index in [4.69, 9.17) is 26.2 Å². The molecular weight excluding hydrogens is 597 g/mol. The summed E-state index contributed by atoms with van der Waals surface area (Å²) in [7, 11) is 3.92. The van der Waals surface area contributed by atoms with Crippen molar-refractivity contribution in [2.24, 2.45) is 0 Å². The maximum absolute atomic E-state index is 10.8. The van der Waals surface area contributed by atoms with Crippen molar-refractivity contribution in [1.82, 2.24) is 14.9 Å². The van der Waals surface area contributed by atoms with E-state index in [-0.39, 0.29) is 12.4 Å². The van der Waals surface area contributed by atoms with Gasteiger partial charge in [-0.2, -0.15) is 23.4 Å². The molecule has 12 heteroatoms. The van der Waals surface area contributed by atoms with Gasteiger partial charge in [-0.3, -0.25) is 9.59 Å². The van der Waals surface area contributed by atoms with Crippen LogP contribution in [0.2, 0.25) is 5.02 Å². The second kappa shape index (κ2) is 18.9. The number of ketones is 1. The Morgan fingerprint density at radius 1 is 1.25 bits per heavy atom. The van der Waals surface area contributed by atoms with Crippen molar-refractivity contribution in [3.63, 3.8) is 0 Å². The molecule has 1 heterocycles. The maximum atomic E-state index is 10.8. The molecule has 44 heavy (non-hydrogen) atoms. The number of hydrogen-bond acceptors (Lipinski definition) is 6. The largest absolute Gasteiger partial charge is 0.483 e. The van der Waals surface area contributed by atoms with Crippen LogP contribution in [0.4, 0.5) is 13.2 Å². The molecule has 0 aliphatic heterocycles. The lowest BCUT2D eigenvalue weighted by Crippen LogP contribution is -2.18. The van der Waals surface area contributed by atoms with Crippen molar-refractivity contribution in [3.8, 4) is 12.1 Å². The van der Waals surface area contributed by atoms with Crippen LogP contribution in [0.25, 0.3) is 11.0 Å². The fourth-order valence-electron chi connectivity index (χ4n) is 3.54. The first-order valence-corrected chi connectivity index (χ1v) is 13.6. The Labute approximate surface area is 261 Å². The van der Waals surface area contributed by atoms with Gasteiger partial charge in [0.2, 0.25) is 5.78 Å². The van der Waals surface area contributed by atoms with Crippen LogP contribution < -0.4 is 4.74 Å². The van der Waals surface area contributed by atoms with Crippen molar-refractivity contribution >= 4 is 34.9 Å². The fraction of sp³-hybridized carbons (Fsp3) is 0.312. The number of nitriles is 1. The molecular formula is C32H38ClF3N4O4. The number of carbonyl (C=O) groups is 2. The highest BCUT2D eigenvalue weighted by Crippen LogP contribution is 2.39. The number of H-pyrrole nitrogens is 1. The van der Waals surface area contributed by atoms with Crippen LogP contribution in [0.5, 0.6) is 6.01 Å². The van der Waals surface area contributed by atoms with Crippen LogP contribution in [0.15, 0.2) is 83.8 Å². The molecule has 0 bridgehead atoms. The van der Waals surface area contributed by atoms with Crippen LogP contribution in [0.1, 0.15) is 52.5 Å². The van der Waals surface area contributed by atoms with E-state index < -0.39 is 12.0 Å². The monoisotopic (exact) mass is 634 g/mol. The van der Waals surface area contributed by atoms with Crippen molar-refractivity contribution in [2.45, 2.75) is 53.1 Å². The van der Waals surface area contributed by atoms with E-state index in [1.54, 1.807) is 12.3 Å². The molecule has 1 unspecified atom stereocenters. The molecule has 1 atom stereocenters. The van der Waals surface area contributed by atoms with Crippen LogP contribution in [-0.4, -0.2) is 52.5 Å². The number of fused-ring (bicyclic) bond motifs is 1. The van der Waals surface area contributed by atoms with Crippen LogP contribution in [0.3, 0.4) is 0 Å². The average Bonchev–Trinajstić information content (AvgIpc) is 3.37. The lowest BCUT2D eigenvalue weighted by Gasteiger charge is -2.27. The number of halogens is 4. The topological polar surface area (TPSA) is 119 Å². The molecule has 3 rings (SSSR count). The second-order valence-electron chi connectivity index (χ2n) is 9.10. The van der Waals surface area contributed by atoms with Gasteiger partial charge in [-0.05, 0) is 66.8 Å². The quantitative estimate of drug-likeness (QED) is 0.136. The zero-order valence-electron chi connectivity index (χ0n) is 25.8. The van der Waals surface area contributed by atoms with Gasteiger partial charge in [0.15, 0.2) is 0 Å². The van der Waals surface area contributed by atoms with Crippen LogP contribution in [-0.2, 0) is 9.59 Å². The summed E-state index contributed by atoms with van der Waals surface area (Å²) >= 11 is 6.63. The number of aromatic nitrogens is 2. The predicted octanol–water partition coefficient (Wildman–Crippen LogP) is 8.43. The molecule has 1 aliphatic rings. The van der Waals surface area contributed by atoms with Gasteiger partial charge in [0, 0.05) is 37.7 Å². The number of Topliss-reactive ketones (excluding diaryl/α,β-unsaturated/α-hetero) is 1. The van der Waals surface area contributed by atoms with Gasteiger partial charge in [-0.25, -0.2) is 0 Å². The Morgan fingerprint density at radius 3 is 2.30 bits per heavy atom. The number of nitrogens with zero attached hydrogens (tertiary/aromatic N) is 3. The van der Waals surface area contributed by atoms with Gasteiger partial charge in [-0.1, -0.05) is 50.8 Å². The molecule has 0 fully saturated rings. The third-order valence-corrected chi connectivity index (χ3v) is 6.33. The van der Waals surface area contributed by atoms with E-state index in [9.17, 15) is 23.2 Å². The maximum Gasteiger partial charge on any atom is 0.449 e. The highest BCUT2D eigenvalue weighted by atomic mass is 35.5. The number of ether oxygens (including phenoxy) is 1. The van der Waals surface area contributed by atoms with E-state index in [2.05, 4.69) is 35.3 Å². The molecule has 0 amide bonds. The molecule has 238 valence electrons. The van der Waals surface area contributed by atoms with Crippen LogP contribution in [0, 0.1) is 11.3 Å². The summed E-state index contributed by atoms with van der Waals surface area (Å²) in [5, 5.41) is 16.9. The molecule has 1 aromatic carbocycles. The Morgan fingerprint density at radius 2 is 1.82 bits per heavy atom. The van der Waals surface area contributed by atoms with Gasteiger partial charge in [-0.15, -0.1) is 0 Å². The SMILES string of the molecule is C=C/C(C)=C(C)\C=C\Oc1nc2cc(Cl)c(C3C=CC(N(C)C)=C(C(=C)C#N)C3)cc2[nH]1.CC.CC(=O)C(F)(F)F.O=CO. The second-order valence-corrected chi connectivity index (χ2v) is 9.51. The predicted molar refractivity (Wildman–Crippen MR) is 168 cm³/mol. The lowest BCUT2D eigenvalue weighted by molar-refractivity contribution is -0.168. The standard InChI is InChI=1S/C26H27ClN4O.C3H3F3O.C2H6.CH2O2/c1-7-16(2)17(3)10-11-32-26-29-23-13-21(22(27)14-24(23)30-26)19-8-9-25(31(5)6)20(12-19)18(4)15-28;1-2(7)3(4,5)6;1-2;2-1-3/h7-11,13-14,19H,1,4,12H2,2-3,5-6H3,(H,29,30);1H3;1-2H3;1H,(H,2,3)/b11-10+,17-16-;;;. The number of nitrogens with one attached hydrogen (secondary N) is 1. The van der Waals surface area contributed by atoms with Gasteiger partial charge in [0.05, 0.1) is 28.9 Å². The Hall–Kier alpha value is -4.56. The fourth-order valence-corrected chi connectivity index (χ4v) is 3.83. The minimum atomic E-state index is -4.64. The summed E-state index contributed by atoms with van der Waals surface area (Å²) in [5.74, 6) is -1.73. The minimum absolute atomic E-state index is 0.0259. The lowest BCUT2D eigenvalue weighted by atomic mass is 9.84. The number of imidazole rings is 1. The molecule has 1 aliphatic carbocycles. The molecule has 0 radical (unpaired) electrons. The number of hydrogen-bond donors (Lipinski definition) is 2. The smallest absolute Gasteiger partial charge is 0.449 e. The number of allylic oxidation sites excluding steroid dienone is 8. The first kappa shape index (κ1) is 39.4. The summed E-state index contributed by atoms with van der Waals surface area (Å²) in [6.07, 6.45) is 5.42. The van der Waals surface area contributed by atoms with Gasteiger partial charge < -0.3 is 19.7 Å². The number of aromatic amines is 1. The van der Waals surface area contributed by atoms with Gasteiger partial charge in [0.1, 0.15) is 0 Å². The molecule has 0 spiro atoms. The number of carboxylic acid groups (broad SMARTS) is 1. The number of carbonyl (C=O) groups excluding carboxylic acids is 1. The van der Waals surface area contributed by atoms with E-state index in [1.807, 2.05) is 71.0 Å². The molecule has 2 N–H and O–H groups in total. The Bertz CT molecular complexity index is 1490. The average molecular weight is 635 g/mol. The zero-order chi connectivity index (χ0) is 34.2. The number of likely N-dealkylation sites (N-methyl/N-ethyl adjacent to an activating group) is 1. The minimum Gasteiger partial charge on any atom is -0.483 e. The Kier molecular flexibility index (Phi) is 16.9. The zero-order valence-corrected chi connectivity index (χ0v) is 26.6. The third kappa shape index (κ3) is 12.0. The highest BCUT2D eigenvalue weighted by Gasteiger charge is 2.33. The van der Waals surface area contributed by atoms with Crippen LogP contribution >= 0.6 is 11.6 Å². The van der Waals surface area contributed by atoms with E-state index in [1.165, 1.54) is 0 Å². The summed E-state index contributed by atoms with van der Waals surface area (Å²) in [6, 6.07) is 6.41. The van der Waals surface area contributed by atoms with Gasteiger partial charge in [0.25, 0.3) is 12.5 Å². The molecule has 8 nitrogen and oxygen atoms in total. The van der Waals surface area contributed by atoms with Crippen molar-refractivity contribution in [1.29, 1.82) is 5.26 Å². The van der Waals surface area contributed by atoms with E-state index >= 15 is 0 Å². The summed E-state index contributed by atoms with van der Waals surface area (Å²) in [4.78, 5) is 27.4. The Balaban J connectivity index is 0.00000132. The van der Waals surface area contributed by atoms with E-state index in [0.29, 0.717) is 30.0 Å². The third-order valence-electron chi connectivity index (χ3n) is 6.00. The molecule has 0 saturated carbocycles. The number of alkyl halides is 3. The van der Waals surface area contributed by atoms with Crippen molar-refractivity contribution in [2.75, 3.05) is 14.1 Å². The van der Waals surface area contributed by atoms with Crippen molar-refractivity contribution < 1.29 is 32.6 Å². The normalized spacial score (nSPS) is 14.5. The molecule has 2 aromatic rings. The highest BCUT2D eigenvalue weighted by molar-refractivity contribution is 6.32.